The maximum Gasteiger partial charge on any atom is 0.282 e. The Balaban J connectivity index is 1.84. The third kappa shape index (κ3) is 2.80. The highest BCUT2D eigenvalue weighted by atomic mass is 32.2. The van der Waals surface area contributed by atoms with Crippen LogP contribution in [-0.2, 0) is 23.2 Å². The number of hydrogen-bond donors (Lipinski definition) is 1. The van der Waals surface area contributed by atoms with Crippen molar-refractivity contribution in [1.82, 2.24) is 8.61 Å². The van der Waals surface area contributed by atoms with Crippen molar-refractivity contribution in [2.24, 2.45) is 0 Å². The Morgan fingerprint density at radius 1 is 1.19 bits per heavy atom. The van der Waals surface area contributed by atoms with Crippen molar-refractivity contribution in [3.63, 3.8) is 0 Å². The van der Waals surface area contributed by atoms with Crippen molar-refractivity contribution in [3.05, 3.63) is 29.3 Å². The van der Waals surface area contributed by atoms with Crippen LogP contribution in [-0.4, -0.2) is 36.2 Å². The van der Waals surface area contributed by atoms with Gasteiger partial charge in [-0.25, -0.2) is 0 Å². The summed E-state index contributed by atoms with van der Waals surface area (Å²) in [6.07, 6.45) is 3.79. The summed E-state index contributed by atoms with van der Waals surface area (Å²) in [4.78, 5) is 0. The Hall–Kier alpha value is -1.11. The van der Waals surface area contributed by atoms with Crippen LogP contribution in [0.1, 0.15) is 37.3 Å². The van der Waals surface area contributed by atoms with Gasteiger partial charge in [0.05, 0.1) is 0 Å². The van der Waals surface area contributed by atoms with E-state index in [9.17, 15) is 8.42 Å². The predicted molar refractivity (Wildman–Crippen MR) is 83.9 cm³/mol. The van der Waals surface area contributed by atoms with Gasteiger partial charge in [0.1, 0.15) is 0 Å². The molecule has 1 atom stereocenters. The van der Waals surface area contributed by atoms with Crippen LogP contribution in [0.2, 0.25) is 0 Å². The predicted octanol–water partition coefficient (Wildman–Crippen LogP) is 1.75. The summed E-state index contributed by atoms with van der Waals surface area (Å²) < 4.78 is 29.0. The number of nitrogen functional groups attached to an aromatic ring is 1. The number of rotatable bonds is 2. The fourth-order valence-electron chi connectivity index (χ4n) is 3.31. The second-order valence-electron chi connectivity index (χ2n) is 6.08. The minimum Gasteiger partial charge on any atom is -0.399 e. The van der Waals surface area contributed by atoms with Crippen molar-refractivity contribution in [3.8, 4) is 0 Å². The maximum absolute atomic E-state index is 12.9. The molecule has 2 aliphatic rings. The number of hydrogen-bond acceptors (Lipinski definition) is 3. The molecule has 0 amide bonds. The second kappa shape index (κ2) is 5.59. The zero-order chi connectivity index (χ0) is 15.0. The first-order valence-electron chi connectivity index (χ1n) is 7.62. The molecule has 21 heavy (non-hydrogen) atoms. The molecule has 0 saturated carbocycles. The van der Waals surface area contributed by atoms with E-state index in [0.717, 1.165) is 31.2 Å². The SMILES string of the molecule is CC1CCCCN1S(=O)(=O)N1CCc2ccc(N)cc2C1. The third-order valence-electron chi connectivity index (χ3n) is 4.57. The van der Waals surface area contributed by atoms with Crippen LogP contribution < -0.4 is 5.73 Å². The lowest BCUT2D eigenvalue weighted by atomic mass is 10.0. The molecule has 1 saturated heterocycles. The van der Waals surface area contributed by atoms with Gasteiger partial charge in [-0.15, -0.1) is 0 Å². The van der Waals surface area contributed by atoms with E-state index in [1.807, 2.05) is 25.1 Å². The summed E-state index contributed by atoms with van der Waals surface area (Å²) in [5.41, 5.74) is 8.76. The average molecular weight is 309 g/mol. The van der Waals surface area contributed by atoms with Crippen LogP contribution in [0, 0.1) is 0 Å². The summed E-state index contributed by atoms with van der Waals surface area (Å²) in [6, 6.07) is 5.90. The highest BCUT2D eigenvalue weighted by Gasteiger charge is 2.35. The number of nitrogens with two attached hydrogens (primary N) is 1. The molecular formula is C15H23N3O2S. The van der Waals surface area contributed by atoms with Crippen LogP contribution in [0.15, 0.2) is 18.2 Å². The molecule has 3 rings (SSSR count). The molecule has 0 bridgehead atoms. The lowest BCUT2D eigenvalue weighted by Crippen LogP contribution is -2.50. The van der Waals surface area contributed by atoms with Gasteiger partial charge in [-0.05, 0) is 49.4 Å². The quantitative estimate of drug-likeness (QED) is 0.846. The Kier molecular flexibility index (Phi) is 3.94. The normalized spacial score (nSPS) is 24.7. The van der Waals surface area contributed by atoms with Gasteiger partial charge in [0.25, 0.3) is 10.2 Å². The van der Waals surface area contributed by atoms with E-state index in [-0.39, 0.29) is 6.04 Å². The molecule has 5 nitrogen and oxygen atoms in total. The van der Waals surface area contributed by atoms with Gasteiger partial charge >= 0.3 is 0 Å². The Morgan fingerprint density at radius 3 is 2.76 bits per heavy atom. The molecule has 2 aliphatic heterocycles. The lowest BCUT2D eigenvalue weighted by Gasteiger charge is -2.38. The fraction of sp³-hybridized carbons (Fsp3) is 0.600. The fourth-order valence-corrected chi connectivity index (χ4v) is 5.15. The van der Waals surface area contributed by atoms with Crippen LogP contribution in [0.4, 0.5) is 5.69 Å². The molecule has 116 valence electrons. The van der Waals surface area contributed by atoms with Gasteiger partial charge < -0.3 is 5.73 Å². The molecule has 0 radical (unpaired) electrons. The first-order valence-corrected chi connectivity index (χ1v) is 9.02. The van der Waals surface area contributed by atoms with Crippen LogP contribution >= 0.6 is 0 Å². The second-order valence-corrected chi connectivity index (χ2v) is 7.96. The van der Waals surface area contributed by atoms with Crippen LogP contribution in [0.25, 0.3) is 0 Å². The first kappa shape index (κ1) is 14.8. The topological polar surface area (TPSA) is 66.6 Å². The van der Waals surface area contributed by atoms with E-state index in [1.165, 1.54) is 5.56 Å². The molecule has 0 aliphatic carbocycles. The molecular weight excluding hydrogens is 286 g/mol. The summed E-state index contributed by atoms with van der Waals surface area (Å²) in [5.74, 6) is 0. The highest BCUT2D eigenvalue weighted by Crippen LogP contribution is 2.27. The average Bonchev–Trinajstić information content (AvgIpc) is 2.46. The molecule has 1 fully saturated rings. The van der Waals surface area contributed by atoms with Gasteiger partial charge in [-0.3, -0.25) is 0 Å². The van der Waals surface area contributed by atoms with Crippen molar-refractivity contribution < 1.29 is 8.42 Å². The van der Waals surface area contributed by atoms with Crippen molar-refractivity contribution in [2.75, 3.05) is 18.8 Å². The Bertz CT molecular complexity index is 630. The number of benzene rings is 1. The number of piperidine rings is 1. The minimum absolute atomic E-state index is 0.103. The molecule has 2 N–H and O–H groups in total. The Labute approximate surface area is 126 Å². The number of anilines is 1. The van der Waals surface area contributed by atoms with Crippen LogP contribution in [0.5, 0.6) is 0 Å². The maximum atomic E-state index is 12.9. The molecule has 2 heterocycles. The van der Waals surface area contributed by atoms with Gasteiger partial charge in [-0.2, -0.15) is 17.0 Å². The lowest BCUT2D eigenvalue weighted by molar-refractivity contribution is 0.240. The monoisotopic (exact) mass is 309 g/mol. The molecule has 1 unspecified atom stereocenters. The Morgan fingerprint density at radius 2 is 2.00 bits per heavy atom. The zero-order valence-corrected chi connectivity index (χ0v) is 13.3. The van der Waals surface area contributed by atoms with Gasteiger partial charge in [0.15, 0.2) is 0 Å². The van der Waals surface area contributed by atoms with E-state index >= 15 is 0 Å². The van der Waals surface area contributed by atoms with E-state index in [2.05, 4.69) is 0 Å². The summed E-state index contributed by atoms with van der Waals surface area (Å²) >= 11 is 0. The molecule has 1 aromatic rings. The number of nitrogens with zero attached hydrogens (tertiary/aromatic N) is 2. The van der Waals surface area contributed by atoms with E-state index in [4.69, 9.17) is 5.73 Å². The van der Waals surface area contributed by atoms with Crippen molar-refractivity contribution in [1.29, 1.82) is 0 Å². The van der Waals surface area contributed by atoms with Crippen molar-refractivity contribution in [2.45, 2.75) is 45.2 Å². The highest BCUT2D eigenvalue weighted by molar-refractivity contribution is 7.86. The summed E-state index contributed by atoms with van der Waals surface area (Å²) in [5, 5.41) is 0. The molecule has 6 heteroatoms. The van der Waals surface area contributed by atoms with Gasteiger partial charge in [-0.1, -0.05) is 12.5 Å². The van der Waals surface area contributed by atoms with Crippen molar-refractivity contribution >= 4 is 15.9 Å². The minimum atomic E-state index is -3.36. The first-order chi connectivity index (χ1) is 9.98. The van der Waals surface area contributed by atoms with E-state index in [0.29, 0.717) is 25.3 Å². The van der Waals surface area contributed by atoms with Crippen LogP contribution in [0.3, 0.4) is 0 Å². The summed E-state index contributed by atoms with van der Waals surface area (Å²) in [7, 11) is -3.36. The van der Waals surface area contributed by atoms with E-state index in [1.54, 1.807) is 8.61 Å². The largest absolute Gasteiger partial charge is 0.399 e. The zero-order valence-electron chi connectivity index (χ0n) is 12.5. The smallest absolute Gasteiger partial charge is 0.282 e. The number of fused-ring (bicyclic) bond motifs is 1. The summed E-state index contributed by atoms with van der Waals surface area (Å²) in [6.45, 7) is 3.64. The third-order valence-corrected chi connectivity index (χ3v) is 6.67. The van der Waals surface area contributed by atoms with Gasteiger partial charge in [0, 0.05) is 31.4 Å². The molecule has 1 aromatic carbocycles. The standard InChI is InChI=1S/C15H23N3O2S/c1-12-4-2-3-8-18(12)21(19,20)17-9-7-13-5-6-15(16)10-14(13)11-17/h5-6,10,12H,2-4,7-9,11,16H2,1H3. The molecule has 0 aromatic heterocycles. The van der Waals surface area contributed by atoms with E-state index < -0.39 is 10.2 Å². The van der Waals surface area contributed by atoms with Gasteiger partial charge in [0.2, 0.25) is 0 Å². The molecule has 0 spiro atoms.